The van der Waals surface area contributed by atoms with E-state index in [2.05, 4.69) is 5.32 Å². The number of ether oxygens (including phenoxy) is 1. The molecular formula is C12H15F2NO. The highest BCUT2D eigenvalue weighted by atomic mass is 19.3. The number of alkyl halides is 2. The summed E-state index contributed by atoms with van der Waals surface area (Å²) in [6.07, 6.45) is 0.427. The Balaban J connectivity index is 2.03. The molecule has 1 aliphatic heterocycles. The summed E-state index contributed by atoms with van der Waals surface area (Å²) in [5.41, 5.74) is 1.04. The number of rotatable bonds is 2. The summed E-state index contributed by atoms with van der Waals surface area (Å²) in [4.78, 5) is 0. The van der Waals surface area contributed by atoms with E-state index >= 15 is 0 Å². The summed E-state index contributed by atoms with van der Waals surface area (Å²) in [6, 6.07) is 7.57. The van der Waals surface area contributed by atoms with Gasteiger partial charge >= 0.3 is 0 Å². The van der Waals surface area contributed by atoms with Gasteiger partial charge in [-0.05, 0) is 24.1 Å². The summed E-state index contributed by atoms with van der Waals surface area (Å²) in [5, 5.41) is 2.87. The molecule has 0 amide bonds. The molecule has 1 aromatic carbocycles. The van der Waals surface area contributed by atoms with Crippen LogP contribution in [-0.4, -0.2) is 19.6 Å². The minimum Gasteiger partial charge on any atom is -0.497 e. The second kappa shape index (κ2) is 4.37. The third-order valence-electron chi connectivity index (χ3n) is 2.92. The second-order valence-corrected chi connectivity index (χ2v) is 4.10. The molecule has 0 saturated carbocycles. The summed E-state index contributed by atoms with van der Waals surface area (Å²) in [7, 11) is 1.61. The van der Waals surface area contributed by atoms with Crippen molar-refractivity contribution in [2.75, 3.05) is 13.7 Å². The van der Waals surface area contributed by atoms with Gasteiger partial charge in [-0.3, -0.25) is 0 Å². The Morgan fingerprint density at radius 2 is 2.00 bits per heavy atom. The van der Waals surface area contributed by atoms with Crippen LogP contribution in [0.5, 0.6) is 5.75 Å². The molecule has 1 aliphatic rings. The van der Waals surface area contributed by atoms with Crippen LogP contribution in [0.3, 0.4) is 0 Å². The third-order valence-corrected chi connectivity index (χ3v) is 2.92. The van der Waals surface area contributed by atoms with E-state index in [0.717, 1.165) is 11.3 Å². The van der Waals surface area contributed by atoms with Gasteiger partial charge in [0.05, 0.1) is 13.7 Å². The van der Waals surface area contributed by atoms with Gasteiger partial charge in [-0.25, -0.2) is 8.78 Å². The zero-order chi connectivity index (χ0) is 11.6. The lowest BCUT2D eigenvalue weighted by Gasteiger charge is -2.29. The average Bonchev–Trinajstić information content (AvgIpc) is 2.29. The van der Waals surface area contributed by atoms with Crippen molar-refractivity contribution in [3.05, 3.63) is 29.8 Å². The predicted molar refractivity (Wildman–Crippen MR) is 57.9 cm³/mol. The molecule has 4 heteroatoms. The Morgan fingerprint density at radius 3 is 2.50 bits per heavy atom. The highest BCUT2D eigenvalue weighted by molar-refractivity contribution is 5.29. The van der Waals surface area contributed by atoms with Crippen molar-refractivity contribution in [3.8, 4) is 5.75 Å². The Bertz CT molecular complexity index is 341. The van der Waals surface area contributed by atoms with Gasteiger partial charge < -0.3 is 10.1 Å². The van der Waals surface area contributed by atoms with Crippen molar-refractivity contribution in [2.24, 2.45) is 0 Å². The van der Waals surface area contributed by atoms with Crippen LogP contribution in [0, 0.1) is 0 Å². The van der Waals surface area contributed by atoms with Gasteiger partial charge in [-0.2, -0.15) is 0 Å². The fourth-order valence-corrected chi connectivity index (χ4v) is 1.94. The molecule has 1 atom stereocenters. The smallest absolute Gasteiger partial charge is 0.260 e. The Labute approximate surface area is 93.6 Å². The van der Waals surface area contributed by atoms with E-state index in [-0.39, 0.29) is 19.0 Å². The monoisotopic (exact) mass is 227 g/mol. The molecule has 1 unspecified atom stereocenters. The Kier molecular flexibility index (Phi) is 3.10. The molecule has 88 valence electrons. The molecule has 0 bridgehead atoms. The van der Waals surface area contributed by atoms with Crippen molar-refractivity contribution in [1.82, 2.24) is 5.32 Å². The van der Waals surface area contributed by atoms with Gasteiger partial charge in [0.1, 0.15) is 5.75 Å². The van der Waals surface area contributed by atoms with E-state index in [1.54, 1.807) is 7.11 Å². The quantitative estimate of drug-likeness (QED) is 0.838. The van der Waals surface area contributed by atoms with Crippen LogP contribution in [0.2, 0.25) is 0 Å². The molecule has 0 spiro atoms. The van der Waals surface area contributed by atoms with Gasteiger partial charge in [0, 0.05) is 12.5 Å². The fraction of sp³-hybridized carbons (Fsp3) is 0.500. The predicted octanol–water partition coefficient (Wildman–Crippen LogP) is 2.76. The number of benzene rings is 1. The van der Waals surface area contributed by atoms with E-state index in [1.165, 1.54) is 0 Å². The van der Waals surface area contributed by atoms with Crippen LogP contribution in [0.4, 0.5) is 8.78 Å². The Morgan fingerprint density at radius 1 is 1.31 bits per heavy atom. The summed E-state index contributed by atoms with van der Waals surface area (Å²) in [6.45, 7) is -0.232. The third kappa shape index (κ3) is 2.50. The van der Waals surface area contributed by atoms with Gasteiger partial charge in [0.2, 0.25) is 0 Å². The molecule has 0 aromatic heterocycles. The molecule has 1 fully saturated rings. The van der Waals surface area contributed by atoms with E-state index in [4.69, 9.17) is 4.74 Å². The largest absolute Gasteiger partial charge is 0.497 e. The van der Waals surface area contributed by atoms with Crippen LogP contribution in [-0.2, 0) is 0 Å². The average molecular weight is 227 g/mol. The first-order valence-corrected chi connectivity index (χ1v) is 5.36. The maximum absolute atomic E-state index is 12.9. The molecular weight excluding hydrogens is 212 g/mol. The van der Waals surface area contributed by atoms with Crippen molar-refractivity contribution in [1.29, 1.82) is 0 Å². The SMILES string of the molecule is COc1ccc(C2CCC(F)(F)CN2)cc1. The number of methoxy groups -OCH3 is 1. The van der Waals surface area contributed by atoms with Crippen molar-refractivity contribution >= 4 is 0 Å². The van der Waals surface area contributed by atoms with Crippen LogP contribution >= 0.6 is 0 Å². The van der Waals surface area contributed by atoms with E-state index in [0.29, 0.717) is 6.42 Å². The van der Waals surface area contributed by atoms with Gasteiger partial charge in [0.15, 0.2) is 0 Å². The maximum atomic E-state index is 12.9. The van der Waals surface area contributed by atoms with Crippen molar-refractivity contribution in [2.45, 2.75) is 24.8 Å². The number of nitrogens with one attached hydrogen (secondary N) is 1. The molecule has 2 nitrogen and oxygen atoms in total. The summed E-state index contributed by atoms with van der Waals surface area (Å²) >= 11 is 0. The first-order chi connectivity index (χ1) is 7.61. The maximum Gasteiger partial charge on any atom is 0.260 e. The van der Waals surface area contributed by atoms with Gasteiger partial charge in [0.25, 0.3) is 5.92 Å². The molecule has 1 N–H and O–H groups in total. The lowest BCUT2D eigenvalue weighted by molar-refractivity contribution is -0.0303. The molecule has 1 heterocycles. The zero-order valence-electron chi connectivity index (χ0n) is 9.17. The summed E-state index contributed by atoms with van der Waals surface area (Å²) in [5.74, 6) is -1.77. The second-order valence-electron chi connectivity index (χ2n) is 4.10. The highest BCUT2D eigenvalue weighted by Gasteiger charge is 2.34. The standard InChI is InChI=1S/C12H15F2NO/c1-16-10-4-2-9(3-5-10)11-6-7-12(13,14)8-15-11/h2-5,11,15H,6-8H2,1H3. The highest BCUT2D eigenvalue weighted by Crippen LogP contribution is 2.31. The number of halogens is 2. The van der Waals surface area contributed by atoms with Crippen LogP contribution in [0.15, 0.2) is 24.3 Å². The number of hydrogen-bond acceptors (Lipinski definition) is 2. The lowest BCUT2D eigenvalue weighted by Crippen LogP contribution is -2.40. The van der Waals surface area contributed by atoms with Gasteiger partial charge in [-0.15, -0.1) is 0 Å². The number of piperidine rings is 1. The molecule has 0 aliphatic carbocycles. The van der Waals surface area contributed by atoms with Crippen LogP contribution in [0.1, 0.15) is 24.4 Å². The lowest BCUT2D eigenvalue weighted by atomic mass is 9.96. The zero-order valence-corrected chi connectivity index (χ0v) is 9.17. The fourth-order valence-electron chi connectivity index (χ4n) is 1.94. The molecule has 1 aromatic rings. The van der Waals surface area contributed by atoms with Crippen LogP contribution < -0.4 is 10.1 Å². The van der Waals surface area contributed by atoms with E-state index in [1.807, 2.05) is 24.3 Å². The Hall–Kier alpha value is -1.16. The van der Waals surface area contributed by atoms with Crippen molar-refractivity contribution in [3.63, 3.8) is 0 Å². The van der Waals surface area contributed by atoms with E-state index < -0.39 is 5.92 Å². The minimum absolute atomic E-state index is 0.0329. The normalized spacial score (nSPS) is 24.1. The first-order valence-electron chi connectivity index (χ1n) is 5.36. The number of hydrogen-bond donors (Lipinski definition) is 1. The molecule has 2 rings (SSSR count). The van der Waals surface area contributed by atoms with Gasteiger partial charge in [-0.1, -0.05) is 12.1 Å². The molecule has 0 radical (unpaired) electrons. The van der Waals surface area contributed by atoms with Crippen LogP contribution in [0.25, 0.3) is 0 Å². The first kappa shape index (κ1) is 11.3. The van der Waals surface area contributed by atoms with Crippen molar-refractivity contribution < 1.29 is 13.5 Å². The van der Waals surface area contributed by atoms with E-state index in [9.17, 15) is 8.78 Å². The minimum atomic E-state index is -2.55. The molecule has 16 heavy (non-hydrogen) atoms. The summed E-state index contributed by atoms with van der Waals surface area (Å²) < 4.78 is 30.9. The molecule has 1 saturated heterocycles. The topological polar surface area (TPSA) is 21.3 Å².